The predicted molar refractivity (Wildman–Crippen MR) is 139 cm³/mol. The fraction of sp³-hybridized carbons (Fsp3) is 0.308. The Balaban J connectivity index is 0.00000259. The van der Waals surface area contributed by atoms with E-state index in [1.807, 2.05) is 18.2 Å². The molecule has 0 saturated carbocycles. The molecule has 0 atom stereocenters. The van der Waals surface area contributed by atoms with Crippen LogP contribution in [0.25, 0.3) is 16.5 Å². The van der Waals surface area contributed by atoms with E-state index < -0.39 is 0 Å². The zero-order chi connectivity index (χ0) is 21.9. The fourth-order valence-electron chi connectivity index (χ4n) is 4.59. The highest BCUT2D eigenvalue weighted by atomic mass is 35.5. The van der Waals surface area contributed by atoms with Gasteiger partial charge in [-0.05, 0) is 53.5 Å². The van der Waals surface area contributed by atoms with Gasteiger partial charge < -0.3 is 10.3 Å². The lowest BCUT2D eigenvalue weighted by Gasteiger charge is -2.26. The van der Waals surface area contributed by atoms with Crippen LogP contribution in [0.15, 0.2) is 59.4 Å². The Kier molecular flexibility index (Phi) is 7.58. The summed E-state index contributed by atoms with van der Waals surface area (Å²) in [6.07, 6.45) is 4.20. The van der Waals surface area contributed by atoms with E-state index in [2.05, 4.69) is 45.5 Å². The van der Waals surface area contributed by atoms with Crippen molar-refractivity contribution in [1.29, 1.82) is 0 Å². The van der Waals surface area contributed by atoms with Crippen molar-refractivity contribution >= 4 is 46.6 Å². The highest BCUT2D eigenvalue weighted by Gasteiger charge is 2.18. The molecular weight excluding hydrogens is 454 g/mol. The first-order valence-corrected chi connectivity index (χ1v) is 12.3. The molecule has 3 aromatic rings. The van der Waals surface area contributed by atoms with Crippen molar-refractivity contribution in [2.45, 2.75) is 18.6 Å². The molecule has 0 fully saturated rings. The summed E-state index contributed by atoms with van der Waals surface area (Å²) in [6, 6.07) is 16.1. The number of benzene rings is 2. The first-order chi connectivity index (χ1) is 15.7. The van der Waals surface area contributed by atoms with E-state index in [1.165, 1.54) is 11.1 Å². The number of fused-ring (bicyclic) bond motifs is 3. The Bertz CT molecular complexity index is 1240. The summed E-state index contributed by atoms with van der Waals surface area (Å²) in [7, 11) is 0. The van der Waals surface area contributed by atoms with Gasteiger partial charge in [-0.2, -0.15) is 11.8 Å². The van der Waals surface area contributed by atoms with Crippen LogP contribution in [0.1, 0.15) is 33.5 Å². The Hall–Kier alpha value is -2.54. The van der Waals surface area contributed by atoms with Gasteiger partial charge in [0.15, 0.2) is 0 Å². The van der Waals surface area contributed by atoms with E-state index in [4.69, 9.17) is 0 Å². The van der Waals surface area contributed by atoms with Crippen molar-refractivity contribution in [1.82, 2.24) is 15.2 Å². The minimum absolute atomic E-state index is 0. The molecule has 7 heteroatoms. The Morgan fingerprint density at radius 2 is 1.94 bits per heavy atom. The molecule has 2 N–H and O–H groups in total. The number of rotatable bonds is 5. The van der Waals surface area contributed by atoms with Crippen LogP contribution in [0.3, 0.4) is 0 Å². The highest BCUT2D eigenvalue weighted by molar-refractivity contribution is 7.98. The monoisotopic (exact) mass is 481 g/mol. The van der Waals surface area contributed by atoms with Crippen molar-refractivity contribution in [3.63, 3.8) is 0 Å². The van der Waals surface area contributed by atoms with Crippen LogP contribution in [0.2, 0.25) is 0 Å². The molecular formula is C26H28ClN3O2S. The topological polar surface area (TPSA) is 65.2 Å². The minimum atomic E-state index is -0.0606. The number of pyridine rings is 1. The average molecular weight is 482 g/mol. The standard InChI is InChI=1S/C26H27N3O2S.ClH/c30-25(27-11-14-29-12-8-19(9-13-29)18-4-2-1-3-5-18)20-6-7-24-22(16-20)21-10-15-32-17-23(21)26(31)28-24;/h1-8,16H,9-15,17H2,(H,27,30)(H,28,31);1H. The molecule has 0 aliphatic carbocycles. The molecule has 2 aliphatic heterocycles. The molecule has 2 aromatic carbocycles. The number of amides is 1. The minimum Gasteiger partial charge on any atom is -0.351 e. The number of carbonyl (C=O) groups excluding carboxylic acids is 1. The zero-order valence-electron chi connectivity index (χ0n) is 18.4. The van der Waals surface area contributed by atoms with Gasteiger partial charge in [0.1, 0.15) is 0 Å². The molecule has 33 heavy (non-hydrogen) atoms. The third-order valence-corrected chi connectivity index (χ3v) is 7.37. The Morgan fingerprint density at radius 3 is 2.73 bits per heavy atom. The first kappa shape index (κ1) is 23.6. The second kappa shape index (κ2) is 10.6. The predicted octanol–water partition coefficient (Wildman–Crippen LogP) is 4.26. The Morgan fingerprint density at radius 1 is 1.09 bits per heavy atom. The number of halogens is 1. The summed E-state index contributed by atoms with van der Waals surface area (Å²) in [6.45, 7) is 3.36. The largest absolute Gasteiger partial charge is 0.351 e. The van der Waals surface area contributed by atoms with Crippen molar-refractivity contribution in [2.75, 3.05) is 31.9 Å². The van der Waals surface area contributed by atoms with Gasteiger partial charge in [0.05, 0.1) is 0 Å². The van der Waals surface area contributed by atoms with E-state index in [0.717, 1.165) is 66.0 Å². The number of aromatic amines is 1. The van der Waals surface area contributed by atoms with Gasteiger partial charge in [0.25, 0.3) is 11.5 Å². The van der Waals surface area contributed by atoms with Crippen LogP contribution >= 0.6 is 24.2 Å². The number of H-pyrrole nitrogens is 1. The van der Waals surface area contributed by atoms with Crippen molar-refractivity contribution in [2.24, 2.45) is 0 Å². The normalized spacial score (nSPS) is 15.9. The fourth-order valence-corrected chi connectivity index (χ4v) is 5.59. The lowest BCUT2D eigenvalue weighted by molar-refractivity contribution is 0.0949. The molecule has 0 unspecified atom stereocenters. The molecule has 0 saturated heterocycles. The van der Waals surface area contributed by atoms with Crippen LogP contribution in [-0.2, 0) is 12.2 Å². The number of thioether (sulfide) groups is 1. The summed E-state index contributed by atoms with van der Waals surface area (Å²) >= 11 is 1.79. The second-order valence-electron chi connectivity index (χ2n) is 8.38. The Labute approximate surface area is 204 Å². The van der Waals surface area contributed by atoms with Gasteiger partial charge in [-0.1, -0.05) is 36.4 Å². The molecule has 2 aliphatic rings. The molecule has 5 rings (SSSR count). The van der Waals surface area contributed by atoms with Crippen LogP contribution in [-0.4, -0.2) is 47.7 Å². The van der Waals surface area contributed by atoms with Crippen molar-refractivity contribution in [3.8, 4) is 0 Å². The smallest absolute Gasteiger partial charge is 0.252 e. The van der Waals surface area contributed by atoms with E-state index >= 15 is 0 Å². The summed E-state index contributed by atoms with van der Waals surface area (Å²) in [4.78, 5) is 30.5. The lowest BCUT2D eigenvalue weighted by atomic mass is 9.99. The van der Waals surface area contributed by atoms with E-state index in [1.54, 1.807) is 17.8 Å². The summed E-state index contributed by atoms with van der Waals surface area (Å²) < 4.78 is 0. The third kappa shape index (κ3) is 5.18. The molecule has 1 amide bonds. The van der Waals surface area contributed by atoms with Crippen LogP contribution in [0.4, 0.5) is 0 Å². The number of hydrogen-bond acceptors (Lipinski definition) is 4. The van der Waals surface area contributed by atoms with E-state index in [-0.39, 0.29) is 23.9 Å². The summed E-state index contributed by atoms with van der Waals surface area (Å²) in [5.41, 5.74) is 6.14. The maximum Gasteiger partial charge on any atom is 0.252 e. The number of carbonyl (C=O) groups is 1. The molecule has 3 heterocycles. The first-order valence-electron chi connectivity index (χ1n) is 11.2. The van der Waals surface area contributed by atoms with Gasteiger partial charge in [-0.3, -0.25) is 14.5 Å². The maximum absolute atomic E-state index is 12.8. The molecule has 172 valence electrons. The number of aromatic nitrogens is 1. The van der Waals surface area contributed by atoms with Gasteiger partial charge in [-0.25, -0.2) is 0 Å². The van der Waals surface area contributed by atoms with E-state index in [9.17, 15) is 9.59 Å². The van der Waals surface area contributed by atoms with Gasteiger partial charge in [-0.15, -0.1) is 12.4 Å². The SMILES string of the molecule is Cl.O=C(NCCN1CC=C(c2ccccc2)CC1)c1ccc2[nH]c(=O)c3c(c2c1)CCSC3. The summed E-state index contributed by atoms with van der Waals surface area (Å²) in [5.74, 6) is 1.69. The maximum atomic E-state index is 12.8. The number of nitrogens with one attached hydrogen (secondary N) is 2. The van der Waals surface area contributed by atoms with E-state index in [0.29, 0.717) is 12.1 Å². The summed E-state index contributed by atoms with van der Waals surface area (Å²) in [5, 5.41) is 4.07. The molecule has 0 bridgehead atoms. The lowest BCUT2D eigenvalue weighted by Crippen LogP contribution is -2.37. The quantitative estimate of drug-likeness (QED) is 0.571. The van der Waals surface area contributed by atoms with Gasteiger partial charge in [0.2, 0.25) is 0 Å². The van der Waals surface area contributed by atoms with Crippen molar-refractivity contribution in [3.05, 3.63) is 87.2 Å². The van der Waals surface area contributed by atoms with Crippen LogP contribution in [0.5, 0.6) is 0 Å². The molecule has 5 nitrogen and oxygen atoms in total. The number of nitrogens with zero attached hydrogens (tertiary/aromatic N) is 1. The van der Waals surface area contributed by atoms with Crippen LogP contribution in [0, 0.1) is 0 Å². The second-order valence-corrected chi connectivity index (χ2v) is 9.48. The zero-order valence-corrected chi connectivity index (χ0v) is 20.1. The molecule has 0 radical (unpaired) electrons. The highest BCUT2D eigenvalue weighted by Crippen LogP contribution is 2.28. The number of hydrogen-bond donors (Lipinski definition) is 2. The molecule has 1 aromatic heterocycles. The molecule has 0 spiro atoms. The number of aryl methyl sites for hydroxylation is 1. The van der Waals surface area contributed by atoms with Crippen molar-refractivity contribution < 1.29 is 4.79 Å². The van der Waals surface area contributed by atoms with Gasteiger partial charge >= 0.3 is 0 Å². The average Bonchev–Trinajstić information content (AvgIpc) is 2.85. The van der Waals surface area contributed by atoms with Gasteiger partial charge in [0, 0.05) is 54.0 Å². The van der Waals surface area contributed by atoms with Crippen LogP contribution < -0.4 is 10.9 Å². The third-order valence-electron chi connectivity index (χ3n) is 6.39.